The van der Waals surface area contributed by atoms with Crippen molar-refractivity contribution in [3.8, 4) is 11.5 Å². The Hall–Kier alpha value is -5.05. The van der Waals surface area contributed by atoms with Crippen molar-refractivity contribution in [1.29, 1.82) is 0 Å². The van der Waals surface area contributed by atoms with Crippen LogP contribution in [0.3, 0.4) is 0 Å². The van der Waals surface area contributed by atoms with Gasteiger partial charge in [-0.2, -0.15) is 5.10 Å². The number of nitrogens with one attached hydrogen (secondary N) is 1. The largest absolute Gasteiger partial charge is 0.507 e. The van der Waals surface area contributed by atoms with Crippen LogP contribution in [0.5, 0.6) is 11.5 Å². The molecule has 1 amide bonds. The average Bonchev–Trinajstić information content (AvgIpc) is 2.84. The SMILES string of the molecule is O=C(Oc1ccc(C=NNC(=O)c2cc3ccccc3cc2O)cc1)c1ccc([N+](=O)[O-])cc1. The number of hydrogen-bond donors (Lipinski definition) is 2. The molecule has 0 radical (unpaired) electrons. The number of rotatable bonds is 6. The first-order valence-corrected chi connectivity index (χ1v) is 10.0. The number of esters is 1. The molecule has 34 heavy (non-hydrogen) atoms. The number of aromatic hydroxyl groups is 1. The second-order valence-electron chi connectivity index (χ2n) is 7.18. The van der Waals surface area contributed by atoms with Gasteiger partial charge in [-0.1, -0.05) is 24.3 Å². The van der Waals surface area contributed by atoms with E-state index in [4.69, 9.17) is 4.74 Å². The topological polar surface area (TPSA) is 131 Å². The number of non-ortho nitro benzene ring substituents is 1. The molecule has 0 aliphatic carbocycles. The Morgan fingerprint density at radius 3 is 2.24 bits per heavy atom. The van der Waals surface area contributed by atoms with E-state index in [1.54, 1.807) is 30.3 Å². The maximum absolute atomic E-state index is 12.4. The predicted octanol–water partition coefficient (Wildman–Crippen LogP) is 4.44. The van der Waals surface area contributed by atoms with Gasteiger partial charge in [-0.05, 0) is 64.9 Å². The number of nitrogens with zero attached hydrogens (tertiary/aromatic N) is 2. The van der Waals surface area contributed by atoms with E-state index in [1.165, 1.54) is 36.5 Å². The monoisotopic (exact) mass is 455 g/mol. The maximum atomic E-state index is 12.4. The molecule has 0 spiro atoms. The van der Waals surface area contributed by atoms with E-state index in [0.717, 1.165) is 10.8 Å². The fraction of sp³-hybridized carbons (Fsp3) is 0. The van der Waals surface area contributed by atoms with Gasteiger partial charge in [-0.25, -0.2) is 10.2 Å². The lowest BCUT2D eigenvalue weighted by Gasteiger charge is -2.06. The number of hydrogen-bond acceptors (Lipinski definition) is 7. The summed E-state index contributed by atoms with van der Waals surface area (Å²) >= 11 is 0. The predicted molar refractivity (Wildman–Crippen MR) is 125 cm³/mol. The van der Waals surface area contributed by atoms with Gasteiger partial charge in [0.05, 0.1) is 22.3 Å². The molecule has 0 atom stereocenters. The first-order valence-electron chi connectivity index (χ1n) is 10.0. The van der Waals surface area contributed by atoms with Crippen molar-refractivity contribution in [1.82, 2.24) is 5.43 Å². The lowest BCUT2D eigenvalue weighted by Crippen LogP contribution is -2.17. The number of phenols is 1. The Morgan fingerprint density at radius 1 is 0.941 bits per heavy atom. The standard InChI is InChI=1S/C25H17N3O6/c29-23-14-19-4-2-1-3-18(19)13-22(23)24(30)27-26-15-16-5-11-21(12-6-16)34-25(31)17-7-9-20(10-8-17)28(32)33/h1-15,29H,(H,27,30). The smallest absolute Gasteiger partial charge is 0.343 e. The van der Waals surface area contributed by atoms with Gasteiger partial charge in [0, 0.05) is 12.1 Å². The number of carbonyl (C=O) groups is 2. The molecule has 0 fully saturated rings. The van der Waals surface area contributed by atoms with Crippen molar-refractivity contribution in [2.75, 3.05) is 0 Å². The number of benzene rings is 4. The van der Waals surface area contributed by atoms with Crippen molar-refractivity contribution in [3.05, 3.63) is 112 Å². The van der Waals surface area contributed by atoms with E-state index >= 15 is 0 Å². The van der Waals surface area contributed by atoms with Crippen molar-refractivity contribution in [2.24, 2.45) is 5.10 Å². The molecule has 0 aromatic heterocycles. The van der Waals surface area contributed by atoms with Crippen LogP contribution < -0.4 is 10.2 Å². The lowest BCUT2D eigenvalue weighted by molar-refractivity contribution is -0.384. The fourth-order valence-corrected chi connectivity index (χ4v) is 3.14. The third-order valence-corrected chi connectivity index (χ3v) is 4.89. The normalized spacial score (nSPS) is 10.8. The highest BCUT2D eigenvalue weighted by atomic mass is 16.6. The molecule has 0 heterocycles. The first kappa shape index (κ1) is 22.2. The summed E-state index contributed by atoms with van der Waals surface area (Å²) in [6, 6.07) is 21.9. The minimum atomic E-state index is -0.654. The van der Waals surface area contributed by atoms with E-state index in [9.17, 15) is 24.8 Å². The Bertz CT molecular complexity index is 1410. The molecule has 4 aromatic carbocycles. The molecular formula is C25H17N3O6. The Morgan fingerprint density at radius 2 is 1.59 bits per heavy atom. The highest BCUT2D eigenvalue weighted by Crippen LogP contribution is 2.25. The zero-order chi connectivity index (χ0) is 24.1. The van der Waals surface area contributed by atoms with Crippen LogP contribution in [0.2, 0.25) is 0 Å². The average molecular weight is 455 g/mol. The van der Waals surface area contributed by atoms with Crippen molar-refractivity contribution >= 4 is 34.6 Å². The van der Waals surface area contributed by atoms with E-state index in [2.05, 4.69) is 10.5 Å². The molecule has 0 aliphatic heterocycles. The molecule has 2 N–H and O–H groups in total. The van der Waals surface area contributed by atoms with Gasteiger partial charge in [-0.3, -0.25) is 14.9 Å². The summed E-state index contributed by atoms with van der Waals surface area (Å²) < 4.78 is 5.25. The van der Waals surface area contributed by atoms with Gasteiger partial charge in [0.2, 0.25) is 0 Å². The van der Waals surface area contributed by atoms with Crippen molar-refractivity contribution < 1.29 is 24.4 Å². The molecule has 0 saturated heterocycles. The Kier molecular flexibility index (Phi) is 6.26. The zero-order valence-electron chi connectivity index (χ0n) is 17.5. The molecule has 0 unspecified atom stereocenters. The van der Waals surface area contributed by atoms with Gasteiger partial charge in [0.25, 0.3) is 11.6 Å². The summed E-state index contributed by atoms with van der Waals surface area (Å²) in [4.78, 5) is 34.7. The number of nitro benzene ring substituents is 1. The summed E-state index contributed by atoms with van der Waals surface area (Å²) in [5.41, 5.74) is 3.15. The fourth-order valence-electron chi connectivity index (χ4n) is 3.14. The number of hydrazone groups is 1. The molecule has 168 valence electrons. The molecule has 4 rings (SSSR count). The van der Waals surface area contributed by atoms with E-state index < -0.39 is 16.8 Å². The number of ether oxygens (including phenoxy) is 1. The number of phenolic OH excluding ortho intramolecular Hbond substituents is 1. The number of fused-ring (bicyclic) bond motifs is 1. The highest BCUT2D eigenvalue weighted by molar-refractivity contribution is 6.01. The molecule has 4 aromatic rings. The third kappa shape index (κ3) is 5.05. The summed E-state index contributed by atoms with van der Waals surface area (Å²) in [6.07, 6.45) is 1.40. The summed E-state index contributed by atoms with van der Waals surface area (Å²) in [6.45, 7) is 0. The molecule has 0 bridgehead atoms. The van der Waals surface area contributed by atoms with Crippen LogP contribution in [-0.4, -0.2) is 28.1 Å². The van der Waals surface area contributed by atoms with Crippen LogP contribution in [0, 0.1) is 10.1 Å². The second-order valence-corrected chi connectivity index (χ2v) is 7.18. The van der Waals surface area contributed by atoms with Crippen LogP contribution in [0.4, 0.5) is 5.69 Å². The van der Waals surface area contributed by atoms with Gasteiger partial charge >= 0.3 is 5.97 Å². The molecule has 9 heteroatoms. The minimum Gasteiger partial charge on any atom is -0.507 e. The second kappa shape index (κ2) is 9.61. The maximum Gasteiger partial charge on any atom is 0.343 e. The lowest BCUT2D eigenvalue weighted by atomic mass is 10.1. The first-order chi connectivity index (χ1) is 16.4. The number of amides is 1. The van der Waals surface area contributed by atoms with Crippen LogP contribution in [-0.2, 0) is 0 Å². The highest BCUT2D eigenvalue weighted by Gasteiger charge is 2.13. The van der Waals surface area contributed by atoms with Crippen LogP contribution >= 0.6 is 0 Å². The van der Waals surface area contributed by atoms with Gasteiger partial charge in [0.15, 0.2) is 0 Å². The van der Waals surface area contributed by atoms with Gasteiger partial charge < -0.3 is 9.84 Å². The summed E-state index contributed by atoms with van der Waals surface area (Å²) in [5.74, 6) is -1.09. The van der Waals surface area contributed by atoms with Gasteiger partial charge in [-0.15, -0.1) is 0 Å². The van der Waals surface area contributed by atoms with Crippen LogP contribution in [0.25, 0.3) is 10.8 Å². The minimum absolute atomic E-state index is 0.101. The molecule has 9 nitrogen and oxygen atoms in total. The number of nitro groups is 1. The quantitative estimate of drug-likeness (QED) is 0.145. The third-order valence-electron chi connectivity index (χ3n) is 4.89. The van der Waals surface area contributed by atoms with Crippen molar-refractivity contribution in [3.63, 3.8) is 0 Å². The zero-order valence-corrected chi connectivity index (χ0v) is 17.5. The van der Waals surface area contributed by atoms with Crippen LogP contribution in [0.15, 0.2) is 90.0 Å². The molecule has 0 saturated carbocycles. The van der Waals surface area contributed by atoms with E-state index in [-0.39, 0.29) is 28.3 Å². The molecule has 0 aliphatic rings. The number of carbonyl (C=O) groups excluding carboxylic acids is 2. The summed E-state index contributed by atoms with van der Waals surface area (Å²) in [7, 11) is 0. The Labute approximate surface area is 193 Å². The van der Waals surface area contributed by atoms with E-state index in [0.29, 0.717) is 5.56 Å². The molecular weight excluding hydrogens is 438 g/mol. The van der Waals surface area contributed by atoms with Crippen molar-refractivity contribution in [2.45, 2.75) is 0 Å². The van der Waals surface area contributed by atoms with Gasteiger partial charge in [0.1, 0.15) is 11.5 Å². The van der Waals surface area contributed by atoms with Crippen LogP contribution in [0.1, 0.15) is 26.3 Å². The van der Waals surface area contributed by atoms with E-state index in [1.807, 2.05) is 24.3 Å². The summed E-state index contributed by atoms with van der Waals surface area (Å²) in [5, 5.41) is 26.4. The Balaban J connectivity index is 1.36.